The molecule has 8 heteroatoms. The van der Waals surface area contributed by atoms with Crippen LogP contribution in [0.1, 0.15) is 11.8 Å². The molecule has 1 aromatic heterocycles. The van der Waals surface area contributed by atoms with E-state index in [1.807, 2.05) is 0 Å². The molecule has 0 bridgehead atoms. The normalized spacial score (nSPS) is 13.6. The number of hydrogen-bond acceptors (Lipinski definition) is 4. The number of nitrogens with one attached hydrogen (secondary N) is 1. The summed E-state index contributed by atoms with van der Waals surface area (Å²) in [4.78, 5) is 11.4. The van der Waals surface area contributed by atoms with Gasteiger partial charge in [-0.3, -0.25) is 4.79 Å². The molecule has 0 aliphatic heterocycles. The van der Waals surface area contributed by atoms with Gasteiger partial charge in [-0.15, -0.1) is 11.3 Å². The average Bonchev–Trinajstić information content (AvgIpc) is 2.60. The molecule has 1 rings (SSSR count). The fourth-order valence-corrected chi connectivity index (χ4v) is 3.26. The van der Waals surface area contributed by atoms with Crippen molar-refractivity contribution < 1.29 is 18.3 Å². The van der Waals surface area contributed by atoms with Crippen LogP contribution >= 0.6 is 27.3 Å². The molecule has 90 valence electrons. The molecule has 0 radical (unpaired) electrons. The van der Waals surface area contributed by atoms with Crippen LogP contribution in [0.25, 0.3) is 0 Å². The molecule has 0 spiro atoms. The maximum atomic E-state index is 11.5. The van der Waals surface area contributed by atoms with E-state index < -0.39 is 21.2 Å². The van der Waals surface area contributed by atoms with E-state index in [-0.39, 0.29) is 6.54 Å². The SMILES string of the molecule is CC(C(=O)O)S(=O)(=O)NCc1ccc(Br)s1. The lowest BCUT2D eigenvalue weighted by atomic mass is 10.5. The van der Waals surface area contributed by atoms with Crippen LogP contribution in [0.4, 0.5) is 0 Å². The third-order valence-electron chi connectivity index (χ3n) is 1.89. The molecule has 0 saturated heterocycles. The average molecular weight is 328 g/mol. The molecule has 1 heterocycles. The standard InChI is InChI=1S/C8H10BrNO4S2/c1-5(8(11)12)16(13,14)10-4-6-2-3-7(9)15-6/h2-3,5,10H,4H2,1H3,(H,11,12). The lowest BCUT2D eigenvalue weighted by Gasteiger charge is -2.08. The molecule has 0 amide bonds. The number of hydrogen-bond donors (Lipinski definition) is 2. The maximum absolute atomic E-state index is 11.5. The van der Waals surface area contributed by atoms with Crippen LogP contribution in [-0.4, -0.2) is 24.7 Å². The van der Waals surface area contributed by atoms with Gasteiger partial charge in [0.25, 0.3) is 0 Å². The summed E-state index contributed by atoms with van der Waals surface area (Å²) in [5.74, 6) is -1.36. The van der Waals surface area contributed by atoms with Gasteiger partial charge in [0.05, 0.1) is 3.79 Å². The Morgan fingerprint density at radius 1 is 1.62 bits per heavy atom. The van der Waals surface area contributed by atoms with Gasteiger partial charge in [0, 0.05) is 11.4 Å². The fraction of sp³-hybridized carbons (Fsp3) is 0.375. The molecular formula is C8H10BrNO4S2. The fourth-order valence-electron chi connectivity index (χ4n) is 0.876. The zero-order chi connectivity index (χ0) is 12.3. The molecule has 0 aliphatic carbocycles. The minimum absolute atomic E-state index is 0.107. The largest absolute Gasteiger partial charge is 0.480 e. The van der Waals surface area contributed by atoms with Gasteiger partial charge >= 0.3 is 5.97 Å². The van der Waals surface area contributed by atoms with Gasteiger partial charge in [-0.05, 0) is 35.0 Å². The van der Waals surface area contributed by atoms with Gasteiger partial charge in [-0.1, -0.05) is 0 Å². The first-order chi connectivity index (χ1) is 7.33. The number of carboxylic acid groups (broad SMARTS) is 1. The van der Waals surface area contributed by atoms with Gasteiger partial charge in [0.15, 0.2) is 5.25 Å². The Morgan fingerprint density at radius 3 is 2.69 bits per heavy atom. The predicted octanol–water partition coefficient (Wildman–Crippen LogP) is 1.40. The highest BCUT2D eigenvalue weighted by Crippen LogP contribution is 2.22. The Labute approximate surface area is 106 Å². The van der Waals surface area contributed by atoms with E-state index in [0.29, 0.717) is 0 Å². The second-order valence-corrected chi connectivity index (χ2v) is 7.69. The molecular weight excluding hydrogens is 318 g/mol. The smallest absolute Gasteiger partial charge is 0.323 e. The zero-order valence-electron chi connectivity index (χ0n) is 8.31. The van der Waals surface area contributed by atoms with E-state index in [4.69, 9.17) is 5.11 Å². The van der Waals surface area contributed by atoms with Crippen molar-refractivity contribution >= 4 is 43.3 Å². The van der Waals surface area contributed by atoms with E-state index >= 15 is 0 Å². The number of carboxylic acids is 1. The molecule has 0 saturated carbocycles. The van der Waals surface area contributed by atoms with E-state index in [1.165, 1.54) is 11.3 Å². The van der Waals surface area contributed by atoms with Crippen molar-refractivity contribution in [2.24, 2.45) is 0 Å². The van der Waals surface area contributed by atoms with Gasteiger partial charge in [-0.2, -0.15) is 0 Å². The Hall–Kier alpha value is -0.440. The highest BCUT2D eigenvalue weighted by molar-refractivity contribution is 9.11. The Kier molecular flexibility index (Phi) is 4.48. The highest BCUT2D eigenvalue weighted by atomic mass is 79.9. The van der Waals surface area contributed by atoms with Gasteiger partial charge < -0.3 is 5.11 Å². The molecule has 1 unspecified atom stereocenters. The van der Waals surface area contributed by atoms with Crippen molar-refractivity contribution in [2.45, 2.75) is 18.7 Å². The van der Waals surface area contributed by atoms with Crippen molar-refractivity contribution in [3.8, 4) is 0 Å². The zero-order valence-corrected chi connectivity index (χ0v) is 11.5. The molecule has 2 N–H and O–H groups in total. The minimum Gasteiger partial charge on any atom is -0.480 e. The molecule has 0 aliphatic rings. The monoisotopic (exact) mass is 327 g/mol. The van der Waals surface area contributed by atoms with Crippen LogP contribution in [0.3, 0.4) is 0 Å². The van der Waals surface area contributed by atoms with Gasteiger partial charge in [-0.25, -0.2) is 13.1 Å². The predicted molar refractivity (Wildman–Crippen MR) is 64.9 cm³/mol. The number of carbonyl (C=O) groups is 1. The Morgan fingerprint density at radius 2 is 2.25 bits per heavy atom. The van der Waals surface area contributed by atoms with E-state index in [9.17, 15) is 13.2 Å². The summed E-state index contributed by atoms with van der Waals surface area (Å²) in [6, 6.07) is 3.57. The van der Waals surface area contributed by atoms with Crippen molar-refractivity contribution in [1.82, 2.24) is 4.72 Å². The highest BCUT2D eigenvalue weighted by Gasteiger charge is 2.27. The molecule has 1 aromatic rings. The molecule has 1 atom stereocenters. The molecule has 0 fully saturated rings. The van der Waals surface area contributed by atoms with Gasteiger partial charge in [0.2, 0.25) is 10.0 Å². The quantitative estimate of drug-likeness (QED) is 0.856. The van der Waals surface area contributed by atoms with Crippen LogP contribution in [0.2, 0.25) is 0 Å². The summed E-state index contributed by atoms with van der Waals surface area (Å²) < 4.78 is 26.1. The van der Waals surface area contributed by atoms with Crippen molar-refractivity contribution in [1.29, 1.82) is 0 Å². The Bertz CT molecular complexity index is 482. The van der Waals surface area contributed by atoms with Crippen LogP contribution in [0, 0.1) is 0 Å². The lowest BCUT2D eigenvalue weighted by Crippen LogP contribution is -2.36. The topological polar surface area (TPSA) is 83.5 Å². The first-order valence-corrected chi connectivity index (χ1v) is 7.44. The summed E-state index contributed by atoms with van der Waals surface area (Å²) in [7, 11) is -3.81. The number of halogens is 1. The summed E-state index contributed by atoms with van der Waals surface area (Å²) in [5.41, 5.74) is 0. The second-order valence-electron chi connectivity index (χ2n) is 3.05. The summed E-state index contributed by atoms with van der Waals surface area (Å²) in [5, 5.41) is 7.15. The van der Waals surface area contributed by atoms with Crippen LogP contribution in [0.15, 0.2) is 15.9 Å². The van der Waals surface area contributed by atoms with Crippen molar-refractivity contribution in [3.63, 3.8) is 0 Å². The van der Waals surface area contributed by atoms with E-state index in [0.717, 1.165) is 15.6 Å². The van der Waals surface area contributed by atoms with E-state index in [2.05, 4.69) is 20.7 Å². The first-order valence-electron chi connectivity index (χ1n) is 4.28. The van der Waals surface area contributed by atoms with Gasteiger partial charge in [0.1, 0.15) is 0 Å². The summed E-state index contributed by atoms with van der Waals surface area (Å²) in [6.07, 6.45) is 0. The lowest BCUT2D eigenvalue weighted by molar-refractivity contribution is -0.136. The number of rotatable bonds is 5. The molecule has 5 nitrogen and oxygen atoms in total. The second kappa shape index (κ2) is 5.26. The first kappa shape index (κ1) is 13.6. The van der Waals surface area contributed by atoms with Crippen molar-refractivity contribution in [3.05, 3.63) is 20.8 Å². The molecule has 0 aromatic carbocycles. The van der Waals surface area contributed by atoms with Crippen LogP contribution in [0.5, 0.6) is 0 Å². The Balaban J connectivity index is 2.65. The molecule has 16 heavy (non-hydrogen) atoms. The van der Waals surface area contributed by atoms with Crippen molar-refractivity contribution in [2.75, 3.05) is 0 Å². The third-order valence-corrected chi connectivity index (χ3v) is 5.19. The number of aliphatic carboxylic acids is 1. The number of thiophene rings is 1. The summed E-state index contributed by atoms with van der Waals surface area (Å²) in [6.45, 7) is 1.24. The maximum Gasteiger partial charge on any atom is 0.323 e. The van der Waals surface area contributed by atoms with E-state index in [1.54, 1.807) is 12.1 Å². The summed E-state index contributed by atoms with van der Waals surface area (Å²) >= 11 is 4.64. The third kappa shape index (κ3) is 3.55. The van der Waals surface area contributed by atoms with Crippen LogP contribution < -0.4 is 4.72 Å². The minimum atomic E-state index is -3.81. The van der Waals surface area contributed by atoms with Crippen LogP contribution in [-0.2, 0) is 21.4 Å². The number of sulfonamides is 1.